The summed E-state index contributed by atoms with van der Waals surface area (Å²) in [6.45, 7) is 3.29. The lowest BCUT2D eigenvalue weighted by Gasteiger charge is -2.16. The average Bonchev–Trinajstić information content (AvgIpc) is 2.28. The molecule has 0 heterocycles. The van der Waals surface area contributed by atoms with Crippen LogP contribution in [0.4, 0.5) is 0 Å². The van der Waals surface area contributed by atoms with Gasteiger partial charge in [-0.25, -0.2) is 0 Å². The third-order valence-electron chi connectivity index (χ3n) is 3.16. The van der Waals surface area contributed by atoms with Gasteiger partial charge in [-0.15, -0.1) is 0 Å². The molecule has 0 spiro atoms. The van der Waals surface area contributed by atoms with Crippen LogP contribution >= 0.6 is 0 Å². The van der Waals surface area contributed by atoms with Gasteiger partial charge in [0.15, 0.2) is 0 Å². The molecule has 20 heavy (non-hydrogen) atoms. The van der Waals surface area contributed by atoms with Crippen molar-refractivity contribution in [2.75, 3.05) is 0 Å². The predicted molar refractivity (Wildman–Crippen MR) is 69.9 cm³/mol. The van der Waals surface area contributed by atoms with E-state index in [0.29, 0.717) is 27.8 Å². The second-order valence-corrected chi connectivity index (χ2v) is 4.65. The molecule has 0 bridgehead atoms. The summed E-state index contributed by atoms with van der Waals surface area (Å²) in [6, 6.07) is 1.62. The molecule has 0 aromatic heterocycles. The highest BCUT2D eigenvalue weighted by atomic mass is 16.4. The van der Waals surface area contributed by atoms with Gasteiger partial charge in [0, 0.05) is 0 Å². The number of hydrogen-bond acceptors (Lipinski definition) is 3. The maximum atomic E-state index is 10.9. The van der Waals surface area contributed by atoms with Crippen LogP contribution in [0, 0.1) is 13.8 Å². The Morgan fingerprint density at radius 3 is 1.75 bits per heavy atom. The number of hydrogen-bond donors (Lipinski definition) is 3. The molecule has 1 rings (SSSR count). The van der Waals surface area contributed by atoms with Crippen molar-refractivity contribution in [3.05, 3.63) is 33.9 Å². The molecule has 0 fully saturated rings. The zero-order chi connectivity index (χ0) is 15.4. The van der Waals surface area contributed by atoms with Gasteiger partial charge in [-0.3, -0.25) is 14.4 Å². The maximum absolute atomic E-state index is 10.9. The molecule has 0 unspecified atom stereocenters. The van der Waals surface area contributed by atoms with E-state index >= 15 is 0 Å². The Bertz CT molecular complexity index is 574. The van der Waals surface area contributed by atoms with Gasteiger partial charge in [0.25, 0.3) is 0 Å². The van der Waals surface area contributed by atoms with Crippen LogP contribution in [-0.2, 0) is 33.6 Å². The van der Waals surface area contributed by atoms with Crippen LogP contribution in [0.2, 0.25) is 0 Å². The molecule has 1 aromatic rings. The molecule has 0 amide bonds. The van der Waals surface area contributed by atoms with Gasteiger partial charge in [-0.2, -0.15) is 0 Å². The Balaban J connectivity index is 3.43. The molecule has 0 saturated carbocycles. The van der Waals surface area contributed by atoms with Gasteiger partial charge in [0.1, 0.15) is 0 Å². The summed E-state index contributed by atoms with van der Waals surface area (Å²) in [5, 5.41) is 26.7. The van der Waals surface area contributed by atoms with E-state index in [1.165, 1.54) is 0 Å². The third-order valence-corrected chi connectivity index (χ3v) is 3.16. The number of carboxylic acids is 3. The van der Waals surface area contributed by atoms with E-state index in [1.54, 1.807) is 19.9 Å². The predicted octanol–water partition coefficient (Wildman–Crippen LogP) is 1.18. The highest BCUT2D eigenvalue weighted by Gasteiger charge is 2.18. The fourth-order valence-electron chi connectivity index (χ4n) is 2.25. The smallest absolute Gasteiger partial charge is 0.307 e. The Hall–Kier alpha value is -2.37. The van der Waals surface area contributed by atoms with Crippen LogP contribution in [0.5, 0.6) is 0 Å². The number of aliphatic carboxylic acids is 3. The highest BCUT2D eigenvalue weighted by Crippen LogP contribution is 2.24. The van der Waals surface area contributed by atoms with Crippen LogP contribution in [0.15, 0.2) is 6.07 Å². The number of carboxylic acid groups (broad SMARTS) is 3. The van der Waals surface area contributed by atoms with Crippen LogP contribution in [0.3, 0.4) is 0 Å². The average molecular weight is 280 g/mol. The summed E-state index contributed by atoms with van der Waals surface area (Å²) >= 11 is 0. The first kappa shape index (κ1) is 15.7. The first-order chi connectivity index (χ1) is 9.22. The van der Waals surface area contributed by atoms with E-state index < -0.39 is 17.9 Å². The Morgan fingerprint density at radius 1 is 0.850 bits per heavy atom. The van der Waals surface area contributed by atoms with E-state index in [2.05, 4.69) is 0 Å². The van der Waals surface area contributed by atoms with Crippen LogP contribution in [0.25, 0.3) is 0 Å². The molecule has 0 atom stereocenters. The molecule has 0 saturated heterocycles. The van der Waals surface area contributed by atoms with Gasteiger partial charge in [0.05, 0.1) is 19.3 Å². The topological polar surface area (TPSA) is 112 Å². The standard InChI is InChI=1S/C14H16O6/c1-7-3-9(4-12(15)16)8(2)11(6-14(19)20)10(7)5-13(17)18/h3H,4-6H2,1-2H3,(H,15,16)(H,17,18)(H,19,20). The van der Waals surface area contributed by atoms with Crippen molar-refractivity contribution >= 4 is 17.9 Å². The monoisotopic (exact) mass is 280 g/mol. The molecular weight excluding hydrogens is 264 g/mol. The number of rotatable bonds is 6. The largest absolute Gasteiger partial charge is 0.481 e. The van der Waals surface area contributed by atoms with Gasteiger partial charge >= 0.3 is 17.9 Å². The van der Waals surface area contributed by atoms with Crippen molar-refractivity contribution in [2.45, 2.75) is 33.1 Å². The molecule has 0 radical (unpaired) electrons. The summed E-state index contributed by atoms with van der Waals surface area (Å²) in [7, 11) is 0. The van der Waals surface area contributed by atoms with Crippen molar-refractivity contribution in [1.82, 2.24) is 0 Å². The minimum atomic E-state index is -1.08. The molecule has 3 N–H and O–H groups in total. The highest BCUT2D eigenvalue weighted by molar-refractivity contribution is 5.77. The van der Waals surface area contributed by atoms with Crippen molar-refractivity contribution in [3.8, 4) is 0 Å². The second-order valence-electron chi connectivity index (χ2n) is 4.65. The fourth-order valence-corrected chi connectivity index (χ4v) is 2.25. The van der Waals surface area contributed by atoms with E-state index in [9.17, 15) is 14.4 Å². The van der Waals surface area contributed by atoms with E-state index in [-0.39, 0.29) is 19.3 Å². The molecule has 0 aliphatic heterocycles. The lowest BCUT2D eigenvalue weighted by molar-refractivity contribution is -0.137. The van der Waals surface area contributed by atoms with Crippen LogP contribution in [-0.4, -0.2) is 33.2 Å². The fraction of sp³-hybridized carbons (Fsp3) is 0.357. The summed E-state index contributed by atoms with van der Waals surface area (Å²) in [4.78, 5) is 32.6. The third kappa shape index (κ3) is 3.81. The van der Waals surface area contributed by atoms with Gasteiger partial charge in [0.2, 0.25) is 0 Å². The van der Waals surface area contributed by atoms with Crippen molar-refractivity contribution < 1.29 is 29.7 Å². The molecule has 0 aliphatic rings. The second kappa shape index (κ2) is 6.18. The van der Waals surface area contributed by atoms with E-state index in [4.69, 9.17) is 15.3 Å². The minimum Gasteiger partial charge on any atom is -0.481 e. The SMILES string of the molecule is Cc1cc(CC(=O)O)c(C)c(CC(=O)O)c1CC(=O)O. The summed E-state index contributed by atoms with van der Waals surface area (Å²) in [6.07, 6.45) is -0.808. The molecule has 6 heteroatoms. The van der Waals surface area contributed by atoms with Gasteiger partial charge in [-0.1, -0.05) is 6.07 Å². The number of benzene rings is 1. The Morgan fingerprint density at radius 2 is 1.30 bits per heavy atom. The quantitative estimate of drug-likeness (QED) is 0.721. The Labute approximate surface area is 115 Å². The van der Waals surface area contributed by atoms with E-state index in [1.807, 2.05) is 0 Å². The zero-order valence-corrected chi connectivity index (χ0v) is 11.3. The molecule has 1 aromatic carbocycles. The molecule has 108 valence electrons. The Kier molecular flexibility index (Phi) is 4.85. The normalized spacial score (nSPS) is 10.3. The first-order valence-electron chi connectivity index (χ1n) is 5.98. The molecule has 6 nitrogen and oxygen atoms in total. The minimum absolute atomic E-state index is 0.216. The van der Waals surface area contributed by atoms with Gasteiger partial charge in [-0.05, 0) is 41.7 Å². The first-order valence-corrected chi connectivity index (χ1v) is 5.98. The lowest BCUT2D eigenvalue weighted by atomic mass is 9.88. The van der Waals surface area contributed by atoms with Crippen molar-refractivity contribution in [2.24, 2.45) is 0 Å². The molecular formula is C14H16O6. The number of aryl methyl sites for hydroxylation is 1. The van der Waals surface area contributed by atoms with Crippen molar-refractivity contribution in [3.63, 3.8) is 0 Å². The lowest BCUT2D eigenvalue weighted by Crippen LogP contribution is -2.14. The summed E-state index contributed by atoms with van der Waals surface area (Å²) in [5.74, 6) is -3.14. The van der Waals surface area contributed by atoms with Gasteiger partial charge < -0.3 is 15.3 Å². The number of carbonyl (C=O) groups is 3. The molecule has 0 aliphatic carbocycles. The van der Waals surface area contributed by atoms with Crippen LogP contribution < -0.4 is 0 Å². The van der Waals surface area contributed by atoms with Crippen molar-refractivity contribution in [1.29, 1.82) is 0 Å². The summed E-state index contributed by atoms with van der Waals surface area (Å²) < 4.78 is 0. The maximum Gasteiger partial charge on any atom is 0.307 e. The summed E-state index contributed by atoms with van der Waals surface area (Å²) in [5.41, 5.74) is 2.50. The van der Waals surface area contributed by atoms with Crippen LogP contribution in [0.1, 0.15) is 27.8 Å². The zero-order valence-electron chi connectivity index (χ0n) is 11.3. The van der Waals surface area contributed by atoms with E-state index in [0.717, 1.165) is 0 Å².